The Morgan fingerprint density at radius 2 is 2.19 bits per heavy atom. The van der Waals surface area contributed by atoms with Crippen LogP contribution in [-0.4, -0.2) is 35.4 Å². The molecule has 1 aromatic rings. The quantitative estimate of drug-likeness (QED) is 0.824. The fourth-order valence-electron chi connectivity index (χ4n) is 1.45. The Balaban J connectivity index is 1.94. The second kappa shape index (κ2) is 5.50. The van der Waals surface area contributed by atoms with Gasteiger partial charge in [-0.3, -0.25) is 0 Å². The fourth-order valence-corrected chi connectivity index (χ4v) is 2.80. The van der Waals surface area contributed by atoms with Crippen molar-refractivity contribution in [2.24, 2.45) is 0 Å². The van der Waals surface area contributed by atoms with Crippen molar-refractivity contribution in [1.82, 2.24) is 4.90 Å². The summed E-state index contributed by atoms with van der Waals surface area (Å²) in [4.78, 5) is 14.8. The molecule has 1 saturated heterocycles. The molecule has 0 aromatic heterocycles. The molecule has 1 N–H and O–H groups in total. The van der Waals surface area contributed by atoms with E-state index in [1.54, 1.807) is 23.5 Å². The maximum atomic E-state index is 11.8. The van der Waals surface area contributed by atoms with Crippen LogP contribution in [0.4, 0.5) is 10.5 Å². The number of anilines is 1. The monoisotopic (exact) mass is 254 g/mol. The summed E-state index contributed by atoms with van der Waals surface area (Å²) in [6.45, 7) is 0.847. The van der Waals surface area contributed by atoms with E-state index >= 15 is 0 Å². The molecule has 0 aliphatic carbocycles. The van der Waals surface area contributed by atoms with Crippen LogP contribution in [-0.2, 0) is 0 Å². The highest BCUT2D eigenvalue weighted by molar-refractivity contribution is 7.99. The van der Waals surface area contributed by atoms with Gasteiger partial charge in [0.25, 0.3) is 0 Å². The summed E-state index contributed by atoms with van der Waals surface area (Å²) in [5.74, 6) is 1.84. The molecule has 86 valence electrons. The lowest BCUT2D eigenvalue weighted by Crippen LogP contribution is -2.32. The van der Waals surface area contributed by atoms with Crippen molar-refractivity contribution in [3.05, 3.63) is 24.3 Å². The first-order chi connectivity index (χ1) is 7.79. The van der Waals surface area contributed by atoms with E-state index in [0.29, 0.717) is 0 Å². The normalized spacial score (nSPS) is 15.2. The number of amides is 2. The smallest absolute Gasteiger partial charge is 0.314 e. The van der Waals surface area contributed by atoms with Gasteiger partial charge < -0.3 is 10.2 Å². The fraction of sp³-hybridized carbons (Fsp3) is 0.364. The molecule has 0 bridgehead atoms. The molecule has 0 atom stereocenters. The highest BCUT2D eigenvalue weighted by atomic mass is 32.2. The van der Waals surface area contributed by atoms with Crippen LogP contribution < -0.4 is 5.32 Å². The molecule has 2 rings (SSSR count). The Bertz CT molecular complexity index is 361. The summed E-state index contributed by atoms with van der Waals surface area (Å²) in [5.41, 5.74) is 0.861. The van der Waals surface area contributed by atoms with E-state index in [4.69, 9.17) is 0 Å². The number of rotatable bonds is 2. The summed E-state index contributed by atoms with van der Waals surface area (Å²) < 4.78 is 0. The van der Waals surface area contributed by atoms with Crippen LogP contribution in [0, 0.1) is 0 Å². The Morgan fingerprint density at radius 1 is 1.44 bits per heavy atom. The summed E-state index contributed by atoms with van der Waals surface area (Å²) in [6, 6.07) is 7.90. The molecule has 1 heterocycles. The predicted molar refractivity (Wildman–Crippen MR) is 71.3 cm³/mol. The lowest BCUT2D eigenvalue weighted by molar-refractivity contribution is 0.225. The average molecular weight is 254 g/mol. The van der Waals surface area contributed by atoms with Gasteiger partial charge in [0.1, 0.15) is 0 Å². The molecule has 0 spiro atoms. The molecular formula is C11H14N2OS2. The van der Waals surface area contributed by atoms with Crippen molar-refractivity contribution >= 4 is 35.2 Å². The summed E-state index contributed by atoms with van der Waals surface area (Å²) in [5, 5.41) is 2.90. The maximum Gasteiger partial charge on any atom is 0.322 e. The lowest BCUT2D eigenvalue weighted by atomic mass is 10.3. The third-order valence-electron chi connectivity index (χ3n) is 2.38. The van der Waals surface area contributed by atoms with Gasteiger partial charge in [0.2, 0.25) is 0 Å². The van der Waals surface area contributed by atoms with E-state index in [1.165, 1.54) is 4.90 Å². The number of benzene rings is 1. The zero-order valence-electron chi connectivity index (χ0n) is 9.10. The standard InChI is InChI=1S/C11H14N2OS2/c1-15-10-4-2-9(3-5-10)12-11(14)13-6-7-16-8-13/h2-5H,6-8H2,1H3,(H,12,14). The van der Waals surface area contributed by atoms with Gasteiger partial charge in [-0.25, -0.2) is 4.79 Å². The highest BCUT2D eigenvalue weighted by Gasteiger charge is 2.17. The van der Waals surface area contributed by atoms with Crippen LogP contribution in [0.15, 0.2) is 29.2 Å². The van der Waals surface area contributed by atoms with E-state index in [2.05, 4.69) is 5.32 Å². The number of carbonyl (C=O) groups excluding carboxylic acids is 1. The maximum absolute atomic E-state index is 11.8. The van der Waals surface area contributed by atoms with Crippen molar-refractivity contribution in [2.75, 3.05) is 29.7 Å². The van der Waals surface area contributed by atoms with E-state index in [9.17, 15) is 4.79 Å². The third-order valence-corrected chi connectivity index (χ3v) is 4.09. The molecule has 16 heavy (non-hydrogen) atoms. The highest BCUT2D eigenvalue weighted by Crippen LogP contribution is 2.19. The summed E-state index contributed by atoms with van der Waals surface area (Å²) in [6.07, 6.45) is 2.04. The van der Waals surface area contributed by atoms with Crippen molar-refractivity contribution in [3.8, 4) is 0 Å². The zero-order valence-corrected chi connectivity index (χ0v) is 10.7. The summed E-state index contributed by atoms with van der Waals surface area (Å²) >= 11 is 3.48. The Hall–Kier alpha value is -0.810. The minimum Gasteiger partial charge on any atom is -0.314 e. The molecular weight excluding hydrogens is 240 g/mol. The minimum atomic E-state index is 0.00176. The van der Waals surface area contributed by atoms with Crippen molar-refractivity contribution in [1.29, 1.82) is 0 Å². The van der Waals surface area contributed by atoms with Gasteiger partial charge >= 0.3 is 6.03 Å². The third kappa shape index (κ3) is 2.86. The molecule has 0 unspecified atom stereocenters. The van der Waals surface area contributed by atoms with Crippen LogP contribution in [0.3, 0.4) is 0 Å². The Morgan fingerprint density at radius 3 is 2.75 bits per heavy atom. The molecule has 3 nitrogen and oxygen atoms in total. The number of hydrogen-bond donors (Lipinski definition) is 1. The zero-order chi connectivity index (χ0) is 11.4. The molecule has 1 aromatic carbocycles. The molecule has 1 fully saturated rings. The first-order valence-corrected chi connectivity index (χ1v) is 7.45. The van der Waals surface area contributed by atoms with Gasteiger partial charge in [-0.15, -0.1) is 23.5 Å². The lowest BCUT2D eigenvalue weighted by Gasteiger charge is -2.15. The van der Waals surface area contributed by atoms with Crippen molar-refractivity contribution in [3.63, 3.8) is 0 Å². The SMILES string of the molecule is CSc1ccc(NC(=O)N2CCSC2)cc1. The number of carbonyl (C=O) groups is 1. The number of nitrogens with zero attached hydrogens (tertiary/aromatic N) is 1. The van der Waals surface area contributed by atoms with Gasteiger partial charge in [-0.1, -0.05) is 0 Å². The second-order valence-corrected chi connectivity index (χ2v) is 5.41. The van der Waals surface area contributed by atoms with E-state index < -0.39 is 0 Å². The van der Waals surface area contributed by atoms with Crippen molar-refractivity contribution in [2.45, 2.75) is 4.90 Å². The van der Waals surface area contributed by atoms with Gasteiger partial charge in [-0.2, -0.15) is 0 Å². The topological polar surface area (TPSA) is 32.3 Å². The van der Waals surface area contributed by atoms with E-state index in [0.717, 1.165) is 23.9 Å². The van der Waals surface area contributed by atoms with Crippen LogP contribution >= 0.6 is 23.5 Å². The molecule has 5 heteroatoms. The van der Waals surface area contributed by atoms with Crippen LogP contribution in [0.5, 0.6) is 0 Å². The number of nitrogens with one attached hydrogen (secondary N) is 1. The minimum absolute atomic E-state index is 0.00176. The molecule has 1 aliphatic rings. The van der Waals surface area contributed by atoms with Crippen LogP contribution in [0.1, 0.15) is 0 Å². The first kappa shape index (κ1) is 11.7. The molecule has 1 aliphatic heterocycles. The van der Waals surface area contributed by atoms with E-state index in [1.807, 2.05) is 35.4 Å². The van der Waals surface area contributed by atoms with Gasteiger partial charge in [0, 0.05) is 22.9 Å². The average Bonchev–Trinajstić information content (AvgIpc) is 2.83. The second-order valence-electron chi connectivity index (χ2n) is 3.46. The number of urea groups is 1. The first-order valence-electron chi connectivity index (χ1n) is 5.07. The predicted octanol–water partition coefficient (Wildman–Crippen LogP) is 2.95. The van der Waals surface area contributed by atoms with Crippen molar-refractivity contribution < 1.29 is 4.79 Å². The van der Waals surface area contributed by atoms with E-state index in [-0.39, 0.29) is 6.03 Å². The molecule has 0 saturated carbocycles. The number of thioether (sulfide) groups is 2. The van der Waals surface area contributed by atoms with Gasteiger partial charge in [0.05, 0.1) is 5.88 Å². The number of hydrogen-bond acceptors (Lipinski definition) is 3. The molecule has 0 radical (unpaired) electrons. The Kier molecular flexibility index (Phi) is 4.01. The Labute approximate surface area is 104 Å². The summed E-state index contributed by atoms with van der Waals surface area (Å²) in [7, 11) is 0. The van der Waals surface area contributed by atoms with Gasteiger partial charge in [-0.05, 0) is 30.5 Å². The van der Waals surface area contributed by atoms with Crippen LogP contribution in [0.2, 0.25) is 0 Å². The van der Waals surface area contributed by atoms with Crippen LogP contribution in [0.25, 0.3) is 0 Å². The molecule has 2 amide bonds. The largest absolute Gasteiger partial charge is 0.322 e. The van der Waals surface area contributed by atoms with Gasteiger partial charge in [0.15, 0.2) is 0 Å².